The van der Waals surface area contributed by atoms with Crippen LogP contribution < -0.4 is 0 Å². The number of hydrogen-bond donors (Lipinski definition) is 0. The third-order valence-corrected chi connectivity index (χ3v) is 6.54. The molecule has 0 aliphatic heterocycles. The molecule has 0 unspecified atom stereocenters. The van der Waals surface area contributed by atoms with Crippen LogP contribution in [0.5, 0.6) is 0 Å². The number of aromatic nitrogens is 3. The van der Waals surface area contributed by atoms with Gasteiger partial charge in [0.25, 0.3) is 0 Å². The van der Waals surface area contributed by atoms with Gasteiger partial charge < -0.3 is 9.13 Å². The van der Waals surface area contributed by atoms with Crippen LogP contribution in [0.15, 0.2) is 114 Å². The molecule has 0 amide bonds. The van der Waals surface area contributed by atoms with Gasteiger partial charge in [-0.25, -0.2) is 15.0 Å². The van der Waals surface area contributed by atoms with Gasteiger partial charge in [-0.15, -0.1) is 0 Å². The van der Waals surface area contributed by atoms with E-state index in [1.807, 2.05) is 68.1 Å². The van der Waals surface area contributed by atoms with E-state index in [0.717, 1.165) is 56.8 Å². The van der Waals surface area contributed by atoms with Crippen LogP contribution in [0, 0.1) is 18.8 Å². The number of fused-ring (bicyclic) bond motifs is 1. The Hall–Kier alpha value is -4.95. The molecule has 0 bridgehead atoms. The Morgan fingerprint density at radius 1 is 0.974 bits per heavy atom. The summed E-state index contributed by atoms with van der Waals surface area (Å²) < 4.78 is 4.18. The van der Waals surface area contributed by atoms with Crippen molar-refractivity contribution in [2.75, 3.05) is 0 Å². The second-order valence-electron chi connectivity index (χ2n) is 8.93. The molecule has 5 nitrogen and oxygen atoms in total. The first kappa shape index (κ1) is 24.7. The van der Waals surface area contributed by atoms with Crippen molar-refractivity contribution in [3.8, 4) is 11.8 Å². The average Bonchev–Trinajstić information content (AvgIpc) is 3.50. The van der Waals surface area contributed by atoms with Crippen molar-refractivity contribution in [2.24, 2.45) is 17.0 Å². The molecule has 0 aliphatic carbocycles. The first-order valence-electron chi connectivity index (χ1n) is 12.6. The topological polar surface area (TPSA) is 47.5 Å². The highest BCUT2D eigenvalue weighted by Gasteiger charge is 2.17. The number of benzene rings is 3. The Morgan fingerprint density at radius 3 is 2.29 bits per heavy atom. The van der Waals surface area contributed by atoms with Crippen molar-refractivity contribution >= 4 is 22.6 Å². The Balaban J connectivity index is 1.62. The van der Waals surface area contributed by atoms with Gasteiger partial charge in [0.1, 0.15) is 0 Å². The van der Waals surface area contributed by atoms with Crippen LogP contribution in [0.3, 0.4) is 0 Å². The minimum Gasteiger partial charge on any atom is -0.353 e. The molecule has 5 heteroatoms. The quantitative estimate of drug-likeness (QED) is 0.155. The minimum atomic E-state index is 0.572. The molecule has 2 heterocycles. The molecule has 5 rings (SSSR count). The third kappa shape index (κ3) is 4.98. The van der Waals surface area contributed by atoms with Crippen molar-refractivity contribution in [1.82, 2.24) is 14.1 Å². The van der Waals surface area contributed by atoms with Crippen molar-refractivity contribution in [3.05, 3.63) is 138 Å². The molecule has 0 aliphatic rings. The van der Waals surface area contributed by atoms with Crippen molar-refractivity contribution in [1.29, 1.82) is 0 Å². The summed E-state index contributed by atoms with van der Waals surface area (Å²) in [6.45, 7) is 8.92. The van der Waals surface area contributed by atoms with Gasteiger partial charge in [0, 0.05) is 48.4 Å². The summed E-state index contributed by atoms with van der Waals surface area (Å²) in [7, 11) is 2.01. The molecular formula is C33H29N5. The lowest BCUT2D eigenvalue weighted by atomic mass is 10.0. The van der Waals surface area contributed by atoms with Crippen LogP contribution in [0.2, 0.25) is 0 Å². The van der Waals surface area contributed by atoms with E-state index in [0.29, 0.717) is 5.84 Å². The predicted octanol–water partition coefficient (Wildman–Crippen LogP) is 6.53. The van der Waals surface area contributed by atoms with Gasteiger partial charge in [-0.1, -0.05) is 79.1 Å². The molecule has 3 aromatic carbocycles. The maximum absolute atomic E-state index is 5.12. The van der Waals surface area contributed by atoms with Crippen molar-refractivity contribution < 1.29 is 0 Å². The Labute approximate surface area is 223 Å². The highest BCUT2D eigenvalue weighted by molar-refractivity contribution is 6.20. The number of rotatable bonds is 5. The molecule has 0 radical (unpaired) electrons. The maximum Gasteiger partial charge on any atom is 0.162 e. The number of imidazole rings is 1. The monoisotopic (exact) mass is 495 g/mol. The van der Waals surface area contributed by atoms with Crippen LogP contribution in [0.1, 0.15) is 40.4 Å². The molecule has 5 aromatic rings. The highest BCUT2D eigenvalue weighted by Crippen LogP contribution is 2.21. The molecular weight excluding hydrogens is 466 g/mol. The highest BCUT2D eigenvalue weighted by atomic mass is 15.0. The Morgan fingerprint density at radius 2 is 1.66 bits per heavy atom. The van der Waals surface area contributed by atoms with E-state index in [2.05, 4.69) is 81.7 Å². The molecule has 2 aromatic heterocycles. The molecule has 0 atom stereocenters. The van der Waals surface area contributed by atoms with Crippen molar-refractivity contribution in [2.45, 2.75) is 20.4 Å². The predicted molar refractivity (Wildman–Crippen MR) is 157 cm³/mol. The molecule has 0 fully saturated rings. The lowest BCUT2D eigenvalue weighted by Gasteiger charge is -2.10. The van der Waals surface area contributed by atoms with Gasteiger partial charge in [0.15, 0.2) is 5.84 Å². The normalized spacial score (nSPS) is 11.2. The van der Waals surface area contributed by atoms with Gasteiger partial charge in [0.2, 0.25) is 0 Å². The van der Waals surface area contributed by atoms with E-state index < -0.39 is 0 Å². The zero-order chi connectivity index (χ0) is 26.5. The fourth-order valence-electron chi connectivity index (χ4n) is 4.47. The summed E-state index contributed by atoms with van der Waals surface area (Å²) >= 11 is 0. The summed E-state index contributed by atoms with van der Waals surface area (Å²) in [6.07, 6.45) is 5.43. The zero-order valence-corrected chi connectivity index (χ0v) is 21.9. The molecule has 0 spiro atoms. The van der Waals surface area contributed by atoms with E-state index in [-0.39, 0.29) is 0 Å². The number of aryl methyl sites for hydroxylation is 2. The summed E-state index contributed by atoms with van der Waals surface area (Å²) in [5.41, 5.74) is 8.59. The largest absolute Gasteiger partial charge is 0.353 e. The first-order valence-corrected chi connectivity index (χ1v) is 12.6. The number of aliphatic imine (C=N–C) groups is 2. The fraction of sp³-hybridized carbons (Fsp3) is 0.121. The summed E-state index contributed by atoms with van der Waals surface area (Å²) in [5.74, 6) is 7.28. The van der Waals surface area contributed by atoms with Gasteiger partial charge in [-0.05, 0) is 32.0 Å². The van der Waals surface area contributed by atoms with E-state index in [1.54, 1.807) is 0 Å². The van der Waals surface area contributed by atoms with Crippen LogP contribution in [0.25, 0.3) is 11.0 Å². The minimum absolute atomic E-state index is 0.572. The van der Waals surface area contributed by atoms with E-state index >= 15 is 0 Å². The SMILES string of the molecule is C=CN=C(N=C(c1ccccc1)c1ccccc1)c1c(C#Cc2ccc3c(c2)ncn3CC)cn(C)c1C. The first-order chi connectivity index (χ1) is 18.6. The average molecular weight is 496 g/mol. The maximum atomic E-state index is 5.12. The van der Waals surface area contributed by atoms with Crippen LogP contribution in [0.4, 0.5) is 0 Å². The molecule has 186 valence electrons. The molecule has 0 N–H and O–H groups in total. The molecule has 0 saturated carbocycles. The van der Waals surface area contributed by atoms with E-state index in [4.69, 9.17) is 4.99 Å². The zero-order valence-electron chi connectivity index (χ0n) is 21.9. The molecule has 0 saturated heterocycles. The summed E-state index contributed by atoms with van der Waals surface area (Å²) in [4.78, 5) is 14.3. The van der Waals surface area contributed by atoms with E-state index in [1.165, 1.54) is 6.20 Å². The molecule has 38 heavy (non-hydrogen) atoms. The second kappa shape index (κ2) is 11.0. The van der Waals surface area contributed by atoms with Gasteiger partial charge >= 0.3 is 0 Å². The van der Waals surface area contributed by atoms with Gasteiger partial charge in [-0.2, -0.15) is 0 Å². The number of nitrogens with zero attached hydrogens (tertiary/aromatic N) is 5. The van der Waals surface area contributed by atoms with Crippen molar-refractivity contribution in [3.63, 3.8) is 0 Å². The third-order valence-electron chi connectivity index (χ3n) is 6.54. The van der Waals surface area contributed by atoms with E-state index in [9.17, 15) is 0 Å². The Kier molecular flexibility index (Phi) is 7.15. The number of hydrogen-bond acceptors (Lipinski definition) is 2. The van der Waals surface area contributed by atoms with Crippen LogP contribution in [-0.2, 0) is 13.6 Å². The Bertz CT molecular complexity index is 1680. The van der Waals surface area contributed by atoms with Crippen LogP contribution in [-0.4, -0.2) is 25.7 Å². The smallest absolute Gasteiger partial charge is 0.162 e. The standard InChI is InChI=1S/C33H29N5/c1-5-34-33(36-32(26-13-9-7-10-14-26)27-15-11-8-12-16-27)31-24(3)37(4)22-28(31)19-17-25-18-20-30-29(21-25)35-23-38(30)6-2/h5,7-16,18,20-23H,1,6H2,2-4H3. The van der Waals surface area contributed by atoms with Gasteiger partial charge in [0.05, 0.1) is 34.2 Å². The summed E-state index contributed by atoms with van der Waals surface area (Å²) in [5, 5.41) is 0. The fourth-order valence-corrected chi connectivity index (χ4v) is 4.47. The lowest BCUT2D eigenvalue weighted by Crippen LogP contribution is -2.10. The lowest BCUT2D eigenvalue weighted by molar-refractivity contribution is 0.787. The van der Waals surface area contributed by atoms with Gasteiger partial charge in [-0.3, -0.25) is 0 Å². The second-order valence-corrected chi connectivity index (χ2v) is 8.93. The number of amidine groups is 1. The summed E-state index contributed by atoms with van der Waals surface area (Å²) in [6, 6.07) is 26.5. The van der Waals surface area contributed by atoms with Crippen LogP contribution >= 0.6 is 0 Å².